The zero-order valence-electron chi connectivity index (χ0n) is 21.2. The fourth-order valence-electron chi connectivity index (χ4n) is 4.25. The molecule has 2 aromatic heterocycles. The van der Waals surface area contributed by atoms with Crippen LogP contribution in [-0.4, -0.2) is 42.8 Å². The fourth-order valence-corrected chi connectivity index (χ4v) is 6.40. The van der Waals surface area contributed by atoms with Gasteiger partial charge in [0.1, 0.15) is 21.1 Å². The van der Waals surface area contributed by atoms with Crippen molar-refractivity contribution in [2.45, 2.75) is 37.5 Å². The van der Waals surface area contributed by atoms with E-state index in [1.807, 2.05) is 29.6 Å². The zero-order valence-corrected chi connectivity index (χ0v) is 22.9. The first-order valence-electron chi connectivity index (χ1n) is 11.8. The summed E-state index contributed by atoms with van der Waals surface area (Å²) >= 11 is 1.55. The first-order valence-corrected chi connectivity index (χ1v) is 14.5. The minimum absolute atomic E-state index is 0.194. The molecule has 4 rings (SSSR count). The summed E-state index contributed by atoms with van der Waals surface area (Å²) in [7, 11) is -3.71. The van der Waals surface area contributed by atoms with E-state index in [1.165, 1.54) is 6.26 Å². The zero-order chi connectivity index (χ0) is 26.7. The Morgan fingerprint density at radius 3 is 2.41 bits per heavy atom. The van der Waals surface area contributed by atoms with Gasteiger partial charge in [-0.05, 0) is 56.2 Å². The summed E-state index contributed by atoms with van der Waals surface area (Å²) in [4.78, 5) is 19.6. The molecule has 0 saturated heterocycles. The van der Waals surface area contributed by atoms with Crippen molar-refractivity contribution in [2.75, 3.05) is 12.9 Å². The highest BCUT2D eigenvalue weighted by Crippen LogP contribution is 2.41. The molecule has 0 aliphatic carbocycles. The molecular weight excluding hydrogens is 508 g/mol. The van der Waals surface area contributed by atoms with E-state index in [1.54, 1.807) is 80.9 Å². The number of carbonyl (C=O) groups is 1. The maximum Gasteiger partial charge on any atom is 0.344 e. The van der Waals surface area contributed by atoms with Gasteiger partial charge in [0.25, 0.3) is 0 Å². The van der Waals surface area contributed by atoms with Gasteiger partial charge in [0.2, 0.25) is 0 Å². The Balaban J connectivity index is 1.71. The van der Waals surface area contributed by atoms with Gasteiger partial charge in [0, 0.05) is 41.7 Å². The van der Waals surface area contributed by atoms with E-state index in [0.29, 0.717) is 17.0 Å². The van der Waals surface area contributed by atoms with Crippen molar-refractivity contribution in [3.8, 4) is 16.3 Å². The van der Waals surface area contributed by atoms with Crippen molar-refractivity contribution >= 4 is 27.1 Å². The average molecular weight is 539 g/mol. The Morgan fingerprint density at radius 2 is 1.81 bits per heavy atom. The van der Waals surface area contributed by atoms with E-state index in [4.69, 9.17) is 9.47 Å². The number of benzene rings is 2. The number of H-pyrrole nitrogens is 1. The molecule has 0 fully saturated rings. The van der Waals surface area contributed by atoms with Crippen LogP contribution < -0.4 is 4.74 Å². The summed E-state index contributed by atoms with van der Waals surface area (Å²) in [6.07, 6.45) is 4.90. The van der Waals surface area contributed by atoms with Gasteiger partial charge in [-0.3, -0.25) is 0 Å². The average Bonchev–Trinajstić information content (AvgIpc) is 3.55. The normalized spacial score (nSPS) is 13.6. The van der Waals surface area contributed by atoms with Gasteiger partial charge in [-0.15, -0.1) is 11.3 Å². The summed E-state index contributed by atoms with van der Waals surface area (Å²) < 4.78 is 36.8. The highest BCUT2D eigenvalue weighted by atomic mass is 32.2. The molecular formula is C28H30N2O5S2. The predicted octanol–water partition coefficient (Wildman–Crippen LogP) is 5.39. The van der Waals surface area contributed by atoms with Crippen molar-refractivity contribution in [3.05, 3.63) is 95.3 Å². The molecule has 1 atom stereocenters. The Bertz CT molecular complexity index is 1440. The number of aromatic amines is 1. The molecule has 9 heteroatoms. The summed E-state index contributed by atoms with van der Waals surface area (Å²) in [5.74, 6) is -0.126. The van der Waals surface area contributed by atoms with Crippen LogP contribution in [0.1, 0.15) is 37.6 Å². The lowest BCUT2D eigenvalue weighted by Gasteiger charge is -2.32. The molecule has 1 N–H and O–H groups in total. The van der Waals surface area contributed by atoms with Crippen molar-refractivity contribution in [1.29, 1.82) is 0 Å². The van der Waals surface area contributed by atoms with Gasteiger partial charge < -0.3 is 14.5 Å². The first-order chi connectivity index (χ1) is 17.5. The number of rotatable bonds is 9. The van der Waals surface area contributed by atoms with Crippen LogP contribution in [0.5, 0.6) is 5.75 Å². The molecule has 0 bridgehead atoms. The fraction of sp³-hybridized carbons (Fsp3) is 0.286. The van der Waals surface area contributed by atoms with Gasteiger partial charge in [0.15, 0.2) is 16.4 Å². The number of nitrogens with zero attached hydrogens (tertiary/aromatic N) is 1. The molecule has 0 radical (unpaired) electrons. The third kappa shape index (κ3) is 6.11. The minimum atomic E-state index is -3.71. The van der Waals surface area contributed by atoms with Crippen LogP contribution in [0.2, 0.25) is 0 Å². The summed E-state index contributed by atoms with van der Waals surface area (Å²) in [6.45, 7) is 5.07. The number of carbonyl (C=O) groups excluding carboxylic acids is 1. The van der Waals surface area contributed by atoms with Crippen molar-refractivity contribution in [1.82, 2.24) is 9.97 Å². The molecule has 7 nitrogen and oxygen atoms in total. The lowest BCUT2D eigenvalue weighted by Crippen LogP contribution is -2.39. The number of hydrogen-bond acceptors (Lipinski definition) is 7. The third-order valence-corrected chi connectivity index (χ3v) is 8.52. The molecule has 0 aliphatic heterocycles. The third-order valence-electron chi connectivity index (χ3n) is 5.83. The van der Waals surface area contributed by atoms with E-state index >= 15 is 0 Å². The Labute approximate surface area is 221 Å². The Kier molecular flexibility index (Phi) is 7.57. The highest BCUT2D eigenvalue weighted by Gasteiger charge is 2.45. The number of ether oxygens (including phenoxy) is 2. The topological polar surface area (TPSA) is 98.3 Å². The number of nitrogens with one attached hydrogen (secondary N) is 1. The van der Waals surface area contributed by atoms with Crippen LogP contribution in [0.4, 0.5) is 0 Å². The minimum Gasteiger partial charge on any atom is -0.482 e. The lowest BCUT2D eigenvalue weighted by molar-refractivity contribution is -0.157. The lowest BCUT2D eigenvalue weighted by atomic mass is 9.87. The predicted molar refractivity (Wildman–Crippen MR) is 145 cm³/mol. The van der Waals surface area contributed by atoms with Crippen molar-refractivity contribution in [2.24, 2.45) is 0 Å². The number of aromatic nitrogens is 2. The number of esters is 1. The largest absolute Gasteiger partial charge is 0.482 e. The number of hydrogen-bond donors (Lipinski definition) is 1. The smallest absolute Gasteiger partial charge is 0.344 e. The maximum absolute atomic E-state index is 13.6. The molecule has 194 valence electrons. The van der Waals surface area contributed by atoms with Crippen LogP contribution >= 0.6 is 11.3 Å². The van der Waals surface area contributed by atoms with Gasteiger partial charge in [-0.25, -0.2) is 18.2 Å². The van der Waals surface area contributed by atoms with Gasteiger partial charge >= 0.3 is 5.97 Å². The monoisotopic (exact) mass is 538 g/mol. The van der Waals surface area contributed by atoms with Crippen LogP contribution in [0.15, 0.2) is 78.4 Å². The molecule has 0 spiro atoms. The standard InChI is InChI=1S/C28H30N2O5S2/c1-27(2,3)35-25(31)19-34-23-8-5-7-22(17-23)28(37(4,32)33,24-9-6-14-29-24)18-20-10-12-21(13-11-20)26-30-15-16-36-26/h5-17,29H,18-19H2,1-4H3. The van der Waals surface area contributed by atoms with Crippen LogP contribution in [0.3, 0.4) is 0 Å². The van der Waals surface area contributed by atoms with Crippen LogP contribution in [0, 0.1) is 0 Å². The second kappa shape index (κ2) is 10.5. The molecule has 2 aromatic carbocycles. The van der Waals surface area contributed by atoms with Gasteiger partial charge in [-0.2, -0.15) is 0 Å². The molecule has 0 aliphatic rings. The number of thiazole rings is 1. The van der Waals surface area contributed by atoms with E-state index in [-0.39, 0.29) is 13.0 Å². The Morgan fingerprint density at radius 1 is 1.05 bits per heavy atom. The Hall–Kier alpha value is -3.43. The van der Waals surface area contributed by atoms with E-state index < -0.39 is 26.2 Å². The van der Waals surface area contributed by atoms with E-state index in [9.17, 15) is 13.2 Å². The molecule has 4 aromatic rings. The van der Waals surface area contributed by atoms with Crippen molar-refractivity contribution < 1.29 is 22.7 Å². The van der Waals surface area contributed by atoms with Crippen LogP contribution in [-0.2, 0) is 30.5 Å². The molecule has 1 unspecified atom stereocenters. The van der Waals surface area contributed by atoms with E-state index in [0.717, 1.165) is 16.1 Å². The molecule has 0 saturated carbocycles. The van der Waals surface area contributed by atoms with E-state index in [2.05, 4.69) is 9.97 Å². The highest BCUT2D eigenvalue weighted by molar-refractivity contribution is 7.91. The quantitative estimate of drug-likeness (QED) is 0.287. The molecule has 37 heavy (non-hydrogen) atoms. The van der Waals surface area contributed by atoms with Gasteiger partial charge in [-0.1, -0.05) is 36.4 Å². The summed E-state index contributed by atoms with van der Waals surface area (Å²) in [6, 6.07) is 18.2. The number of sulfone groups is 1. The van der Waals surface area contributed by atoms with Gasteiger partial charge in [0.05, 0.1) is 0 Å². The molecule has 2 heterocycles. The van der Waals surface area contributed by atoms with Crippen molar-refractivity contribution in [3.63, 3.8) is 0 Å². The second-order valence-electron chi connectivity index (χ2n) is 9.80. The van der Waals surface area contributed by atoms with Crippen LogP contribution in [0.25, 0.3) is 10.6 Å². The maximum atomic E-state index is 13.6. The first kappa shape index (κ1) is 26.6. The second-order valence-corrected chi connectivity index (χ2v) is 12.9. The SMILES string of the molecule is CC(C)(C)OC(=O)COc1cccc(C(Cc2ccc(-c3nccs3)cc2)(c2ccc[nH]2)S(C)(=O)=O)c1. The molecule has 0 amide bonds. The summed E-state index contributed by atoms with van der Waals surface area (Å²) in [5.41, 5.74) is 2.27. The summed E-state index contributed by atoms with van der Waals surface area (Å²) in [5, 5.41) is 2.82.